The molecule has 102 valence electrons. The fourth-order valence-corrected chi connectivity index (χ4v) is 2.50. The van der Waals surface area contributed by atoms with E-state index in [0.717, 1.165) is 18.3 Å². The molecule has 0 spiro atoms. The van der Waals surface area contributed by atoms with Crippen LogP contribution in [-0.2, 0) is 9.31 Å². The summed E-state index contributed by atoms with van der Waals surface area (Å²) in [6, 6.07) is 3.81. The van der Waals surface area contributed by atoms with E-state index in [1.54, 1.807) is 6.07 Å². The molecule has 5 heteroatoms. The standard InChI is InChI=1S/C14H20BNO3/c1-14(2)9-18-15(19-10-14)11-6-7-13(17)16(8-11)12-4-3-5-12/h6-8,12H,3-5,9-10H2,1-2H3. The summed E-state index contributed by atoms with van der Waals surface area (Å²) in [7, 11) is -0.333. The van der Waals surface area contributed by atoms with Crippen LogP contribution < -0.4 is 11.0 Å². The van der Waals surface area contributed by atoms with Crippen LogP contribution in [0.1, 0.15) is 39.2 Å². The van der Waals surface area contributed by atoms with Gasteiger partial charge in [-0.2, -0.15) is 0 Å². The van der Waals surface area contributed by atoms with E-state index in [4.69, 9.17) is 9.31 Å². The predicted octanol–water partition coefficient (Wildman–Crippen LogP) is 1.34. The lowest BCUT2D eigenvalue weighted by atomic mass is 9.76. The quantitative estimate of drug-likeness (QED) is 0.754. The smallest absolute Gasteiger partial charge is 0.407 e. The molecule has 1 saturated carbocycles. The van der Waals surface area contributed by atoms with E-state index in [0.29, 0.717) is 19.3 Å². The second-order valence-corrected chi connectivity index (χ2v) is 6.41. The van der Waals surface area contributed by atoms with Crippen LogP contribution in [0.15, 0.2) is 23.1 Å². The molecule has 0 bridgehead atoms. The van der Waals surface area contributed by atoms with Crippen molar-refractivity contribution in [3.05, 3.63) is 28.7 Å². The van der Waals surface area contributed by atoms with Crippen LogP contribution in [-0.4, -0.2) is 24.9 Å². The molecule has 0 radical (unpaired) electrons. The largest absolute Gasteiger partial charge is 0.495 e. The Bertz CT molecular complexity index is 512. The molecule has 0 unspecified atom stereocenters. The van der Waals surface area contributed by atoms with Gasteiger partial charge in [-0.3, -0.25) is 4.79 Å². The first kappa shape index (κ1) is 12.9. The van der Waals surface area contributed by atoms with Gasteiger partial charge in [0, 0.05) is 36.9 Å². The van der Waals surface area contributed by atoms with Gasteiger partial charge < -0.3 is 13.9 Å². The minimum absolute atomic E-state index is 0.0684. The maximum atomic E-state index is 11.9. The van der Waals surface area contributed by atoms with E-state index in [-0.39, 0.29) is 18.1 Å². The van der Waals surface area contributed by atoms with Gasteiger partial charge >= 0.3 is 7.12 Å². The molecule has 2 aliphatic rings. The van der Waals surface area contributed by atoms with Gasteiger partial charge in [0.1, 0.15) is 0 Å². The Hall–Kier alpha value is -1.07. The zero-order valence-electron chi connectivity index (χ0n) is 11.6. The van der Waals surface area contributed by atoms with Crippen molar-refractivity contribution in [1.82, 2.24) is 4.57 Å². The number of nitrogens with zero attached hydrogens (tertiary/aromatic N) is 1. The first-order chi connectivity index (χ1) is 9.05. The summed E-state index contributed by atoms with van der Waals surface area (Å²) in [5.41, 5.74) is 1.09. The predicted molar refractivity (Wildman–Crippen MR) is 74.7 cm³/mol. The fourth-order valence-electron chi connectivity index (χ4n) is 2.50. The number of pyridine rings is 1. The Morgan fingerprint density at radius 3 is 2.53 bits per heavy atom. The van der Waals surface area contributed by atoms with Gasteiger partial charge in [-0.15, -0.1) is 0 Å². The highest BCUT2D eigenvalue weighted by molar-refractivity contribution is 6.61. The monoisotopic (exact) mass is 261 g/mol. The van der Waals surface area contributed by atoms with E-state index in [9.17, 15) is 4.79 Å². The minimum Gasteiger partial charge on any atom is -0.407 e. The Morgan fingerprint density at radius 2 is 1.95 bits per heavy atom. The maximum absolute atomic E-state index is 11.9. The third kappa shape index (κ3) is 2.62. The summed E-state index contributed by atoms with van der Waals surface area (Å²) >= 11 is 0. The van der Waals surface area contributed by atoms with E-state index in [1.165, 1.54) is 6.42 Å². The number of rotatable bonds is 2. The molecule has 0 aromatic carbocycles. The van der Waals surface area contributed by atoms with Crippen molar-refractivity contribution in [2.45, 2.75) is 39.2 Å². The van der Waals surface area contributed by atoms with Crippen molar-refractivity contribution in [2.75, 3.05) is 13.2 Å². The molecule has 1 saturated heterocycles. The molecule has 2 heterocycles. The van der Waals surface area contributed by atoms with Crippen LogP contribution in [0.3, 0.4) is 0 Å². The SMILES string of the molecule is CC1(C)COB(c2ccc(=O)n(C3CCC3)c2)OC1. The van der Waals surface area contributed by atoms with Gasteiger partial charge in [-0.05, 0) is 24.7 Å². The highest BCUT2D eigenvalue weighted by Crippen LogP contribution is 2.29. The molecule has 2 fully saturated rings. The third-order valence-electron chi connectivity index (χ3n) is 3.95. The molecule has 3 rings (SSSR count). The van der Waals surface area contributed by atoms with Gasteiger partial charge in [-0.1, -0.05) is 19.9 Å². The van der Waals surface area contributed by atoms with E-state index >= 15 is 0 Å². The number of hydrogen-bond acceptors (Lipinski definition) is 3. The van der Waals surface area contributed by atoms with Crippen LogP contribution >= 0.6 is 0 Å². The van der Waals surface area contributed by atoms with Gasteiger partial charge in [0.15, 0.2) is 0 Å². The Balaban J connectivity index is 1.80. The summed E-state index contributed by atoms with van der Waals surface area (Å²) in [5, 5.41) is 0. The van der Waals surface area contributed by atoms with E-state index in [1.807, 2.05) is 16.8 Å². The second-order valence-electron chi connectivity index (χ2n) is 6.41. The molecular weight excluding hydrogens is 241 g/mol. The van der Waals surface area contributed by atoms with Gasteiger partial charge in [0.25, 0.3) is 5.56 Å². The molecule has 0 amide bonds. The molecule has 1 aliphatic heterocycles. The second kappa shape index (κ2) is 4.80. The first-order valence-corrected chi connectivity index (χ1v) is 7.00. The Morgan fingerprint density at radius 1 is 1.26 bits per heavy atom. The topological polar surface area (TPSA) is 40.5 Å². The maximum Gasteiger partial charge on any atom is 0.495 e. The van der Waals surface area contributed by atoms with Crippen LogP contribution in [0.25, 0.3) is 0 Å². The number of aromatic nitrogens is 1. The van der Waals surface area contributed by atoms with Crippen molar-refractivity contribution in [1.29, 1.82) is 0 Å². The molecule has 19 heavy (non-hydrogen) atoms. The van der Waals surface area contributed by atoms with Crippen molar-refractivity contribution >= 4 is 12.6 Å². The van der Waals surface area contributed by atoms with E-state index in [2.05, 4.69) is 13.8 Å². The summed E-state index contributed by atoms with van der Waals surface area (Å²) in [6.07, 6.45) is 5.33. The average molecular weight is 261 g/mol. The molecule has 1 aromatic rings. The third-order valence-corrected chi connectivity index (χ3v) is 3.95. The van der Waals surface area contributed by atoms with Crippen LogP contribution in [0.4, 0.5) is 0 Å². The lowest BCUT2D eigenvalue weighted by Gasteiger charge is -2.33. The van der Waals surface area contributed by atoms with Gasteiger partial charge in [0.05, 0.1) is 0 Å². The Kier molecular flexibility index (Phi) is 3.27. The van der Waals surface area contributed by atoms with Crippen LogP contribution in [0.5, 0.6) is 0 Å². The van der Waals surface area contributed by atoms with Crippen LogP contribution in [0.2, 0.25) is 0 Å². The lowest BCUT2D eigenvalue weighted by Crippen LogP contribution is -2.48. The molecular formula is C14H20BNO3. The lowest BCUT2D eigenvalue weighted by molar-refractivity contribution is 0.0342. The van der Waals surface area contributed by atoms with Crippen molar-refractivity contribution < 1.29 is 9.31 Å². The Labute approximate surface area is 113 Å². The van der Waals surface area contributed by atoms with Crippen LogP contribution in [0, 0.1) is 5.41 Å². The first-order valence-electron chi connectivity index (χ1n) is 7.00. The van der Waals surface area contributed by atoms with Gasteiger partial charge in [0.2, 0.25) is 0 Å². The summed E-state index contributed by atoms with van der Waals surface area (Å²) in [6.45, 7) is 5.61. The zero-order chi connectivity index (χ0) is 13.5. The molecule has 1 aliphatic carbocycles. The van der Waals surface area contributed by atoms with Crippen molar-refractivity contribution in [3.63, 3.8) is 0 Å². The summed E-state index contributed by atoms with van der Waals surface area (Å²) < 4.78 is 13.4. The summed E-state index contributed by atoms with van der Waals surface area (Å²) in [5.74, 6) is 0. The molecule has 4 nitrogen and oxygen atoms in total. The highest BCUT2D eigenvalue weighted by atomic mass is 16.6. The average Bonchev–Trinajstić information content (AvgIpc) is 2.30. The molecule has 0 N–H and O–H groups in total. The normalized spacial score (nSPS) is 23.2. The highest BCUT2D eigenvalue weighted by Gasteiger charge is 2.34. The van der Waals surface area contributed by atoms with Crippen molar-refractivity contribution in [2.24, 2.45) is 5.41 Å². The zero-order valence-corrected chi connectivity index (χ0v) is 11.6. The summed E-state index contributed by atoms with van der Waals surface area (Å²) in [4.78, 5) is 11.9. The number of hydrogen-bond donors (Lipinski definition) is 0. The van der Waals surface area contributed by atoms with Crippen molar-refractivity contribution in [3.8, 4) is 0 Å². The molecule has 0 atom stereocenters. The molecule has 1 aromatic heterocycles. The van der Waals surface area contributed by atoms with E-state index < -0.39 is 0 Å². The van der Waals surface area contributed by atoms with Gasteiger partial charge in [-0.25, -0.2) is 0 Å². The fraction of sp³-hybridized carbons (Fsp3) is 0.643. The minimum atomic E-state index is -0.333.